The lowest BCUT2D eigenvalue weighted by Gasteiger charge is -2.11. The highest BCUT2D eigenvalue weighted by molar-refractivity contribution is 6.01. The number of benzene rings is 2. The van der Waals surface area contributed by atoms with Crippen LogP contribution in [0, 0.1) is 0 Å². The summed E-state index contributed by atoms with van der Waals surface area (Å²) in [5.41, 5.74) is -0.426. The van der Waals surface area contributed by atoms with Gasteiger partial charge in [0.25, 0.3) is 5.91 Å². The number of alkyl halides is 3. The predicted molar refractivity (Wildman–Crippen MR) is 92.0 cm³/mol. The molecule has 2 N–H and O–H groups in total. The van der Waals surface area contributed by atoms with E-state index in [0.717, 1.165) is 24.3 Å². The second-order valence-electron chi connectivity index (χ2n) is 5.37. The molecule has 2 amide bonds. The second-order valence-corrected chi connectivity index (χ2v) is 5.37. The normalized spacial score (nSPS) is 10.9. The summed E-state index contributed by atoms with van der Waals surface area (Å²) in [7, 11) is 2.86. The Bertz CT molecular complexity index is 820. The molecule has 0 fully saturated rings. The smallest absolute Gasteiger partial charge is 0.416 e. The number of ether oxygens (including phenoxy) is 2. The Kier molecular flexibility index (Phi) is 6.27. The molecule has 0 aliphatic heterocycles. The van der Waals surface area contributed by atoms with Crippen LogP contribution in [-0.2, 0) is 11.0 Å². The van der Waals surface area contributed by atoms with Gasteiger partial charge in [0, 0.05) is 11.8 Å². The van der Waals surface area contributed by atoms with Crippen LogP contribution in [0.4, 0.5) is 18.9 Å². The van der Waals surface area contributed by atoms with Crippen molar-refractivity contribution in [2.75, 3.05) is 26.1 Å². The van der Waals surface area contributed by atoms with Crippen LogP contribution >= 0.6 is 0 Å². The van der Waals surface area contributed by atoms with E-state index in [0.29, 0.717) is 5.75 Å². The van der Waals surface area contributed by atoms with E-state index in [2.05, 4.69) is 10.6 Å². The Morgan fingerprint density at radius 1 is 1.00 bits per heavy atom. The number of halogens is 3. The number of carbonyl (C=O) groups is 2. The summed E-state index contributed by atoms with van der Waals surface area (Å²) in [6.07, 6.45) is -4.45. The summed E-state index contributed by atoms with van der Waals surface area (Å²) in [5, 5.41) is 4.82. The van der Waals surface area contributed by atoms with Crippen LogP contribution < -0.4 is 20.1 Å². The molecule has 0 unspecified atom stereocenters. The molecule has 6 nitrogen and oxygen atoms in total. The highest BCUT2D eigenvalue weighted by atomic mass is 19.4. The number of rotatable bonds is 6. The summed E-state index contributed by atoms with van der Waals surface area (Å²) in [6, 6.07) is 8.56. The molecule has 0 aliphatic carbocycles. The monoisotopic (exact) mass is 382 g/mol. The molecule has 0 atom stereocenters. The first-order valence-corrected chi connectivity index (χ1v) is 7.72. The van der Waals surface area contributed by atoms with Crippen molar-refractivity contribution in [1.82, 2.24) is 5.32 Å². The lowest BCUT2D eigenvalue weighted by molar-refractivity contribution is -0.137. The van der Waals surface area contributed by atoms with Crippen LogP contribution in [0.5, 0.6) is 11.5 Å². The fourth-order valence-electron chi connectivity index (χ4n) is 2.19. The average molecular weight is 382 g/mol. The lowest BCUT2D eigenvalue weighted by atomic mass is 10.1. The first-order valence-electron chi connectivity index (χ1n) is 7.72. The molecule has 0 aliphatic rings. The van der Waals surface area contributed by atoms with Crippen LogP contribution in [-0.4, -0.2) is 32.6 Å². The van der Waals surface area contributed by atoms with Crippen molar-refractivity contribution < 1.29 is 32.2 Å². The third-order valence-electron chi connectivity index (χ3n) is 3.56. The van der Waals surface area contributed by atoms with E-state index in [-0.39, 0.29) is 23.5 Å². The molecule has 2 aromatic rings. The van der Waals surface area contributed by atoms with Gasteiger partial charge in [-0.3, -0.25) is 9.59 Å². The molecule has 27 heavy (non-hydrogen) atoms. The molecule has 0 saturated carbocycles. The maximum absolute atomic E-state index is 12.5. The van der Waals surface area contributed by atoms with E-state index in [9.17, 15) is 22.8 Å². The van der Waals surface area contributed by atoms with E-state index in [4.69, 9.17) is 9.47 Å². The Labute approximate surface area is 153 Å². The summed E-state index contributed by atoms with van der Waals surface area (Å²) >= 11 is 0. The average Bonchev–Trinajstić information content (AvgIpc) is 2.65. The maximum Gasteiger partial charge on any atom is 0.416 e. The molecule has 0 heterocycles. The molecule has 2 aromatic carbocycles. The quantitative estimate of drug-likeness (QED) is 0.805. The van der Waals surface area contributed by atoms with Gasteiger partial charge in [-0.2, -0.15) is 13.2 Å². The van der Waals surface area contributed by atoms with Gasteiger partial charge in [0.2, 0.25) is 5.91 Å². The summed E-state index contributed by atoms with van der Waals surface area (Å²) in [5.74, 6) is -0.355. The molecule has 2 rings (SSSR count). The van der Waals surface area contributed by atoms with Gasteiger partial charge in [-0.15, -0.1) is 0 Å². The number of anilines is 1. The SMILES string of the molecule is COc1ccc(C(=O)NCC(=O)Nc2ccc(C(F)(F)F)cc2)c(OC)c1. The minimum absolute atomic E-state index is 0.185. The molecule has 0 spiro atoms. The third-order valence-corrected chi connectivity index (χ3v) is 3.56. The molecule has 144 valence electrons. The van der Waals surface area contributed by atoms with E-state index >= 15 is 0 Å². The van der Waals surface area contributed by atoms with Gasteiger partial charge in [-0.05, 0) is 36.4 Å². The van der Waals surface area contributed by atoms with Crippen LogP contribution in [0.1, 0.15) is 15.9 Å². The number of carbonyl (C=O) groups excluding carboxylic acids is 2. The highest BCUT2D eigenvalue weighted by Crippen LogP contribution is 2.29. The van der Waals surface area contributed by atoms with Crippen LogP contribution in [0.3, 0.4) is 0 Å². The van der Waals surface area contributed by atoms with Crippen LogP contribution in [0.15, 0.2) is 42.5 Å². The van der Waals surface area contributed by atoms with Crippen molar-refractivity contribution in [3.05, 3.63) is 53.6 Å². The van der Waals surface area contributed by atoms with Gasteiger partial charge in [-0.1, -0.05) is 0 Å². The van der Waals surface area contributed by atoms with Gasteiger partial charge in [0.05, 0.1) is 31.9 Å². The van der Waals surface area contributed by atoms with E-state index < -0.39 is 23.6 Å². The maximum atomic E-state index is 12.5. The molecular weight excluding hydrogens is 365 g/mol. The zero-order valence-corrected chi connectivity index (χ0v) is 14.5. The molecule has 0 radical (unpaired) electrons. The number of methoxy groups -OCH3 is 2. The second kappa shape index (κ2) is 8.43. The fraction of sp³-hybridized carbons (Fsp3) is 0.222. The Morgan fingerprint density at radius 3 is 2.22 bits per heavy atom. The van der Waals surface area contributed by atoms with Crippen molar-refractivity contribution in [3.63, 3.8) is 0 Å². The molecule has 0 saturated heterocycles. The Morgan fingerprint density at radius 2 is 1.67 bits per heavy atom. The summed E-state index contributed by atoms with van der Waals surface area (Å²) in [4.78, 5) is 24.1. The molecule has 0 bridgehead atoms. The van der Waals surface area contributed by atoms with Crippen molar-refractivity contribution >= 4 is 17.5 Å². The van der Waals surface area contributed by atoms with Gasteiger partial charge in [0.15, 0.2) is 0 Å². The highest BCUT2D eigenvalue weighted by Gasteiger charge is 2.30. The first kappa shape index (κ1) is 20.1. The van der Waals surface area contributed by atoms with E-state index in [1.807, 2.05) is 0 Å². The zero-order valence-electron chi connectivity index (χ0n) is 14.5. The van der Waals surface area contributed by atoms with Crippen molar-refractivity contribution in [3.8, 4) is 11.5 Å². The largest absolute Gasteiger partial charge is 0.497 e. The van der Waals surface area contributed by atoms with Crippen molar-refractivity contribution in [1.29, 1.82) is 0 Å². The van der Waals surface area contributed by atoms with Crippen LogP contribution in [0.2, 0.25) is 0 Å². The Balaban J connectivity index is 1.94. The molecule has 0 aromatic heterocycles. The molecule has 9 heteroatoms. The Hall–Kier alpha value is -3.23. The topological polar surface area (TPSA) is 76.7 Å². The standard InChI is InChI=1S/C18H17F3N2O4/c1-26-13-7-8-14(15(9-13)27-2)17(25)22-10-16(24)23-12-5-3-11(4-6-12)18(19,20)21/h3-9H,10H2,1-2H3,(H,22,25)(H,23,24). The fourth-order valence-corrected chi connectivity index (χ4v) is 2.19. The summed E-state index contributed by atoms with van der Waals surface area (Å²) < 4.78 is 47.7. The zero-order chi connectivity index (χ0) is 20.0. The minimum atomic E-state index is -4.45. The third kappa shape index (κ3) is 5.37. The molecular formula is C18H17F3N2O4. The van der Waals surface area contributed by atoms with Crippen molar-refractivity contribution in [2.24, 2.45) is 0 Å². The van der Waals surface area contributed by atoms with E-state index in [1.165, 1.54) is 26.4 Å². The van der Waals surface area contributed by atoms with Gasteiger partial charge in [-0.25, -0.2) is 0 Å². The number of hydrogen-bond donors (Lipinski definition) is 2. The van der Waals surface area contributed by atoms with Gasteiger partial charge < -0.3 is 20.1 Å². The van der Waals surface area contributed by atoms with Gasteiger partial charge in [0.1, 0.15) is 11.5 Å². The number of nitrogens with one attached hydrogen (secondary N) is 2. The number of hydrogen-bond acceptors (Lipinski definition) is 4. The lowest BCUT2D eigenvalue weighted by Crippen LogP contribution is -2.33. The van der Waals surface area contributed by atoms with E-state index in [1.54, 1.807) is 6.07 Å². The summed E-state index contributed by atoms with van der Waals surface area (Å²) in [6.45, 7) is -0.366. The first-order chi connectivity index (χ1) is 12.7. The van der Waals surface area contributed by atoms with Gasteiger partial charge >= 0.3 is 6.18 Å². The number of amides is 2. The van der Waals surface area contributed by atoms with Crippen molar-refractivity contribution in [2.45, 2.75) is 6.18 Å². The predicted octanol–water partition coefficient (Wildman–Crippen LogP) is 3.09. The minimum Gasteiger partial charge on any atom is -0.497 e. The van der Waals surface area contributed by atoms with Crippen LogP contribution in [0.25, 0.3) is 0 Å².